The van der Waals surface area contributed by atoms with Crippen LogP contribution in [0.3, 0.4) is 0 Å². The third kappa shape index (κ3) is 4.19. The van der Waals surface area contributed by atoms with Gasteiger partial charge >= 0.3 is 5.69 Å². The highest BCUT2D eigenvalue weighted by Crippen LogP contribution is 2.23. The van der Waals surface area contributed by atoms with Gasteiger partial charge < -0.3 is 4.90 Å². The number of aromatic amines is 1. The Morgan fingerprint density at radius 2 is 1.58 bits per heavy atom. The molecule has 0 saturated carbocycles. The lowest BCUT2D eigenvalue weighted by molar-refractivity contribution is 0.248. The summed E-state index contributed by atoms with van der Waals surface area (Å²) in [6, 6.07) is 16.5. The van der Waals surface area contributed by atoms with Gasteiger partial charge in [0.1, 0.15) is 5.82 Å². The van der Waals surface area contributed by atoms with Crippen molar-refractivity contribution in [3.63, 3.8) is 0 Å². The third-order valence-electron chi connectivity index (χ3n) is 6.15. The standard InChI is InChI=1S/C24H25FN6O2/c1-28-21-20(22(32)27-24(28)33)31(16-17-5-3-2-4-6-17)23(26-21)30-13-11-29(12-14-30)15-18-7-9-19(25)10-8-18/h2-10H,11-16H2,1H3,(H,27,32,33). The second kappa shape index (κ2) is 8.67. The lowest BCUT2D eigenvalue weighted by atomic mass is 10.2. The second-order valence-corrected chi connectivity index (χ2v) is 8.36. The van der Waals surface area contributed by atoms with Crippen LogP contribution in [0.25, 0.3) is 11.2 Å². The first-order valence-electron chi connectivity index (χ1n) is 10.9. The van der Waals surface area contributed by atoms with Gasteiger partial charge in [-0.05, 0) is 23.3 Å². The van der Waals surface area contributed by atoms with Gasteiger partial charge in [0.2, 0.25) is 5.95 Å². The van der Waals surface area contributed by atoms with E-state index < -0.39 is 11.2 Å². The first-order chi connectivity index (χ1) is 16.0. The van der Waals surface area contributed by atoms with Crippen LogP contribution in [-0.4, -0.2) is 50.2 Å². The largest absolute Gasteiger partial charge is 0.340 e. The number of rotatable bonds is 5. The van der Waals surface area contributed by atoms with E-state index in [0.717, 1.165) is 43.9 Å². The molecule has 5 rings (SSSR count). The van der Waals surface area contributed by atoms with Gasteiger partial charge in [0.15, 0.2) is 11.2 Å². The number of anilines is 1. The predicted molar refractivity (Wildman–Crippen MR) is 125 cm³/mol. The Balaban J connectivity index is 1.45. The van der Waals surface area contributed by atoms with Gasteiger partial charge in [-0.25, -0.2) is 9.18 Å². The van der Waals surface area contributed by atoms with Crippen molar-refractivity contribution in [1.29, 1.82) is 0 Å². The van der Waals surface area contributed by atoms with Crippen molar-refractivity contribution in [2.75, 3.05) is 31.1 Å². The highest BCUT2D eigenvalue weighted by atomic mass is 19.1. The monoisotopic (exact) mass is 448 g/mol. The molecule has 1 aliphatic rings. The van der Waals surface area contributed by atoms with Crippen LogP contribution < -0.4 is 16.1 Å². The first kappa shape index (κ1) is 21.1. The predicted octanol–water partition coefficient (Wildman–Crippen LogP) is 1.93. The van der Waals surface area contributed by atoms with Gasteiger partial charge in [-0.3, -0.25) is 23.8 Å². The van der Waals surface area contributed by atoms with E-state index in [-0.39, 0.29) is 5.82 Å². The number of nitrogens with zero attached hydrogens (tertiary/aromatic N) is 5. The Hall–Kier alpha value is -3.72. The van der Waals surface area contributed by atoms with Crippen molar-refractivity contribution >= 4 is 17.1 Å². The maximum Gasteiger partial charge on any atom is 0.329 e. The van der Waals surface area contributed by atoms with Gasteiger partial charge in [-0.1, -0.05) is 42.5 Å². The minimum absolute atomic E-state index is 0.231. The van der Waals surface area contributed by atoms with Crippen LogP contribution in [0, 0.1) is 5.82 Å². The van der Waals surface area contributed by atoms with Crippen LogP contribution in [0.5, 0.6) is 0 Å². The molecule has 2 aromatic heterocycles. The average Bonchev–Trinajstić information content (AvgIpc) is 3.20. The number of hydrogen-bond donors (Lipinski definition) is 1. The Kier molecular flexibility index (Phi) is 5.55. The smallest absolute Gasteiger partial charge is 0.329 e. The van der Waals surface area contributed by atoms with Gasteiger partial charge in [0.25, 0.3) is 5.56 Å². The molecule has 33 heavy (non-hydrogen) atoms. The van der Waals surface area contributed by atoms with Crippen LogP contribution in [0.15, 0.2) is 64.2 Å². The van der Waals surface area contributed by atoms with Crippen LogP contribution in [-0.2, 0) is 20.1 Å². The summed E-state index contributed by atoms with van der Waals surface area (Å²) in [5, 5.41) is 0. The van der Waals surface area contributed by atoms with Crippen molar-refractivity contribution < 1.29 is 4.39 Å². The van der Waals surface area contributed by atoms with E-state index >= 15 is 0 Å². The first-order valence-corrected chi connectivity index (χ1v) is 10.9. The molecular weight excluding hydrogens is 423 g/mol. The summed E-state index contributed by atoms with van der Waals surface area (Å²) in [4.78, 5) is 36.5. The zero-order chi connectivity index (χ0) is 22.9. The number of halogens is 1. The molecule has 0 aliphatic carbocycles. The number of imidazole rings is 1. The Labute approximate surface area is 189 Å². The summed E-state index contributed by atoms with van der Waals surface area (Å²) in [5.74, 6) is 0.451. The van der Waals surface area contributed by atoms with Crippen molar-refractivity contribution in [1.82, 2.24) is 24.0 Å². The molecule has 0 unspecified atom stereocenters. The second-order valence-electron chi connectivity index (χ2n) is 8.36. The summed E-state index contributed by atoms with van der Waals surface area (Å²) in [6.07, 6.45) is 0. The Morgan fingerprint density at radius 3 is 2.27 bits per heavy atom. The van der Waals surface area contributed by atoms with Gasteiger partial charge in [-0.15, -0.1) is 0 Å². The molecular formula is C24H25FN6O2. The molecule has 1 saturated heterocycles. The fraction of sp³-hybridized carbons (Fsp3) is 0.292. The van der Waals surface area contributed by atoms with Gasteiger partial charge in [0.05, 0.1) is 6.54 Å². The molecule has 170 valence electrons. The number of benzene rings is 2. The average molecular weight is 449 g/mol. The number of aromatic nitrogens is 4. The molecule has 0 amide bonds. The summed E-state index contributed by atoms with van der Waals surface area (Å²) < 4.78 is 16.5. The Bertz CT molecular complexity index is 1380. The fourth-order valence-corrected chi connectivity index (χ4v) is 4.33. The zero-order valence-corrected chi connectivity index (χ0v) is 18.4. The molecule has 1 fully saturated rings. The minimum atomic E-state index is -0.479. The van der Waals surface area contributed by atoms with E-state index in [1.54, 1.807) is 7.05 Å². The van der Waals surface area contributed by atoms with E-state index in [2.05, 4.69) is 14.8 Å². The van der Waals surface area contributed by atoms with E-state index in [0.29, 0.717) is 23.7 Å². The SMILES string of the molecule is Cn1c(=O)[nH]c(=O)c2c1nc(N1CCN(Cc3ccc(F)cc3)CC1)n2Cc1ccccc1. The molecule has 0 bridgehead atoms. The maximum atomic E-state index is 13.2. The fourth-order valence-electron chi connectivity index (χ4n) is 4.33. The number of aryl methyl sites for hydroxylation is 1. The summed E-state index contributed by atoms with van der Waals surface area (Å²) in [6.45, 7) is 4.30. The van der Waals surface area contributed by atoms with E-state index in [9.17, 15) is 14.0 Å². The molecule has 9 heteroatoms. The number of hydrogen-bond acceptors (Lipinski definition) is 5. The molecule has 0 atom stereocenters. The highest BCUT2D eigenvalue weighted by molar-refractivity contribution is 5.74. The van der Waals surface area contributed by atoms with Crippen molar-refractivity contribution in [3.05, 3.63) is 92.4 Å². The normalized spacial score (nSPS) is 14.8. The van der Waals surface area contributed by atoms with Crippen molar-refractivity contribution in [2.45, 2.75) is 13.1 Å². The number of H-pyrrole nitrogens is 1. The third-order valence-corrected chi connectivity index (χ3v) is 6.15. The lowest BCUT2D eigenvalue weighted by Crippen LogP contribution is -2.46. The van der Waals surface area contributed by atoms with Crippen LogP contribution >= 0.6 is 0 Å². The molecule has 4 aromatic rings. The molecule has 0 radical (unpaired) electrons. The summed E-state index contributed by atoms with van der Waals surface area (Å²) >= 11 is 0. The van der Waals surface area contributed by atoms with Crippen molar-refractivity contribution in [2.24, 2.45) is 7.05 Å². The van der Waals surface area contributed by atoms with Crippen LogP contribution in [0.2, 0.25) is 0 Å². The number of nitrogens with one attached hydrogen (secondary N) is 1. The molecule has 2 aromatic carbocycles. The van der Waals surface area contributed by atoms with Crippen LogP contribution in [0.1, 0.15) is 11.1 Å². The van der Waals surface area contributed by atoms with Gasteiger partial charge in [-0.2, -0.15) is 4.98 Å². The van der Waals surface area contributed by atoms with Crippen LogP contribution in [0.4, 0.5) is 10.3 Å². The molecule has 1 aliphatic heterocycles. The highest BCUT2D eigenvalue weighted by Gasteiger charge is 2.25. The topological polar surface area (TPSA) is 79.2 Å². The molecule has 1 N–H and O–H groups in total. The summed E-state index contributed by atoms with van der Waals surface area (Å²) in [7, 11) is 1.62. The Morgan fingerprint density at radius 1 is 0.909 bits per heavy atom. The van der Waals surface area contributed by atoms with Gasteiger partial charge in [0, 0.05) is 39.8 Å². The molecule has 3 heterocycles. The quantitative estimate of drug-likeness (QED) is 0.505. The van der Waals surface area contributed by atoms with E-state index in [1.165, 1.54) is 16.7 Å². The lowest BCUT2D eigenvalue weighted by Gasteiger charge is -2.35. The van der Waals surface area contributed by atoms with E-state index in [1.807, 2.05) is 47.0 Å². The number of fused-ring (bicyclic) bond motifs is 1. The summed E-state index contributed by atoms with van der Waals surface area (Å²) in [5.41, 5.74) is 1.97. The molecule has 0 spiro atoms. The molecule has 8 nitrogen and oxygen atoms in total. The maximum absolute atomic E-state index is 13.2. The van der Waals surface area contributed by atoms with Crippen molar-refractivity contribution in [3.8, 4) is 0 Å². The minimum Gasteiger partial charge on any atom is -0.340 e. The van der Waals surface area contributed by atoms with E-state index in [4.69, 9.17) is 4.98 Å². The number of piperazine rings is 1. The zero-order valence-electron chi connectivity index (χ0n) is 18.4.